The maximum atomic E-state index is 5.82. The normalized spacial score (nSPS) is 16.1. The van der Waals surface area contributed by atoms with E-state index in [0.717, 1.165) is 50.4 Å². The van der Waals surface area contributed by atoms with E-state index in [1.165, 1.54) is 5.56 Å². The van der Waals surface area contributed by atoms with E-state index in [4.69, 9.17) is 30.5 Å². The molecule has 1 aromatic rings. The Hall–Kier alpha value is -1.01. The van der Waals surface area contributed by atoms with E-state index in [1.807, 2.05) is 6.07 Å². The second-order valence-electron chi connectivity index (χ2n) is 6.22. The lowest BCUT2D eigenvalue weighted by atomic mass is 10.1. The maximum absolute atomic E-state index is 5.82. The number of piperidine rings is 1. The average Bonchev–Trinajstić information content (AvgIpc) is 2.64. The fraction of sp³-hybridized carbons (Fsp3) is 0.684. The van der Waals surface area contributed by atoms with Crippen LogP contribution in [0.3, 0.4) is 0 Å². The molecular formula is C19H30ClNO4. The summed E-state index contributed by atoms with van der Waals surface area (Å²) >= 11 is 5.69. The Labute approximate surface area is 156 Å². The maximum Gasteiger partial charge on any atom is 0.161 e. The number of alkyl halides is 1. The highest BCUT2D eigenvalue weighted by Gasteiger charge is 2.20. The van der Waals surface area contributed by atoms with E-state index in [0.29, 0.717) is 31.8 Å². The molecule has 142 valence electrons. The van der Waals surface area contributed by atoms with Gasteiger partial charge in [0.2, 0.25) is 0 Å². The monoisotopic (exact) mass is 371 g/mol. The Morgan fingerprint density at radius 3 is 2.56 bits per heavy atom. The number of hydrogen-bond donors (Lipinski definition) is 0. The molecule has 0 aromatic heterocycles. The van der Waals surface area contributed by atoms with Crippen molar-refractivity contribution in [3.8, 4) is 11.5 Å². The van der Waals surface area contributed by atoms with Crippen molar-refractivity contribution < 1.29 is 18.9 Å². The van der Waals surface area contributed by atoms with Crippen LogP contribution >= 0.6 is 11.6 Å². The Balaban J connectivity index is 1.80. The number of methoxy groups -OCH3 is 2. The number of likely N-dealkylation sites (tertiary alicyclic amines) is 1. The zero-order valence-electron chi connectivity index (χ0n) is 15.3. The van der Waals surface area contributed by atoms with E-state index in [1.54, 1.807) is 14.2 Å². The first-order valence-electron chi connectivity index (χ1n) is 8.95. The molecule has 6 heteroatoms. The molecular weight excluding hydrogens is 342 g/mol. The van der Waals surface area contributed by atoms with Gasteiger partial charge in [-0.2, -0.15) is 0 Å². The van der Waals surface area contributed by atoms with Crippen LogP contribution in [0.4, 0.5) is 0 Å². The number of ether oxygens (including phenoxy) is 4. The van der Waals surface area contributed by atoms with E-state index in [-0.39, 0.29) is 0 Å². The molecule has 25 heavy (non-hydrogen) atoms. The summed E-state index contributed by atoms with van der Waals surface area (Å²) in [6.07, 6.45) is 3.33. The summed E-state index contributed by atoms with van der Waals surface area (Å²) in [6, 6.07) is 6.17. The number of benzene rings is 1. The second-order valence-corrected chi connectivity index (χ2v) is 6.59. The molecule has 0 radical (unpaired) electrons. The van der Waals surface area contributed by atoms with Crippen molar-refractivity contribution >= 4 is 11.6 Å². The Morgan fingerprint density at radius 2 is 1.88 bits per heavy atom. The van der Waals surface area contributed by atoms with Gasteiger partial charge in [-0.25, -0.2) is 0 Å². The highest BCUT2D eigenvalue weighted by molar-refractivity contribution is 6.17. The lowest BCUT2D eigenvalue weighted by Crippen LogP contribution is -2.36. The third-order valence-electron chi connectivity index (χ3n) is 4.35. The van der Waals surface area contributed by atoms with Crippen LogP contribution in [0.5, 0.6) is 11.5 Å². The Morgan fingerprint density at radius 1 is 1.08 bits per heavy atom. The molecule has 0 unspecified atom stereocenters. The molecule has 0 aliphatic carbocycles. The van der Waals surface area contributed by atoms with Gasteiger partial charge >= 0.3 is 0 Å². The molecule has 1 saturated heterocycles. The van der Waals surface area contributed by atoms with Crippen molar-refractivity contribution in [1.29, 1.82) is 0 Å². The molecule has 0 atom stereocenters. The van der Waals surface area contributed by atoms with Gasteiger partial charge in [0, 0.05) is 32.6 Å². The van der Waals surface area contributed by atoms with Gasteiger partial charge in [0.05, 0.1) is 33.0 Å². The van der Waals surface area contributed by atoms with Crippen LogP contribution in [0.25, 0.3) is 0 Å². The SMILES string of the molecule is COCCOC1CCN(Cc2ccc(OCCCCl)c(OC)c2)CC1. The van der Waals surface area contributed by atoms with Crippen molar-refractivity contribution in [2.24, 2.45) is 0 Å². The van der Waals surface area contributed by atoms with Crippen molar-refractivity contribution in [1.82, 2.24) is 4.90 Å². The molecule has 5 nitrogen and oxygen atoms in total. The van der Waals surface area contributed by atoms with Crippen LogP contribution < -0.4 is 9.47 Å². The Kier molecular flexibility index (Phi) is 9.40. The third-order valence-corrected chi connectivity index (χ3v) is 4.61. The molecule has 0 saturated carbocycles. The van der Waals surface area contributed by atoms with Gasteiger partial charge in [-0.15, -0.1) is 11.6 Å². The van der Waals surface area contributed by atoms with Crippen molar-refractivity contribution in [2.75, 3.05) is 53.0 Å². The van der Waals surface area contributed by atoms with E-state index < -0.39 is 0 Å². The minimum absolute atomic E-state index is 0.360. The van der Waals surface area contributed by atoms with Crippen LogP contribution in [0.1, 0.15) is 24.8 Å². The minimum Gasteiger partial charge on any atom is -0.493 e. The summed E-state index contributed by atoms with van der Waals surface area (Å²) in [4.78, 5) is 2.46. The minimum atomic E-state index is 0.360. The standard InChI is InChI=1S/C19H30ClNO4/c1-22-12-13-24-17-6-9-21(10-7-17)15-16-4-5-18(19(14-16)23-2)25-11-3-8-20/h4-5,14,17H,3,6-13,15H2,1-2H3. The third kappa shape index (κ3) is 7.02. The van der Waals surface area contributed by atoms with E-state index in [9.17, 15) is 0 Å². The van der Waals surface area contributed by atoms with Crippen molar-refractivity contribution in [3.05, 3.63) is 23.8 Å². The fourth-order valence-corrected chi connectivity index (χ4v) is 3.07. The van der Waals surface area contributed by atoms with Crippen LogP contribution in [0.2, 0.25) is 0 Å². The predicted molar refractivity (Wildman–Crippen MR) is 100.0 cm³/mol. The molecule has 2 rings (SSSR count). The molecule has 0 bridgehead atoms. The quantitative estimate of drug-likeness (QED) is 0.441. The average molecular weight is 372 g/mol. The van der Waals surface area contributed by atoms with Crippen molar-refractivity contribution in [2.45, 2.75) is 31.9 Å². The summed E-state index contributed by atoms with van der Waals surface area (Å²) < 4.78 is 22.0. The molecule has 1 heterocycles. The molecule has 1 aliphatic heterocycles. The van der Waals surface area contributed by atoms with Gasteiger partial charge in [0.15, 0.2) is 11.5 Å². The first-order chi connectivity index (χ1) is 12.3. The van der Waals surface area contributed by atoms with Gasteiger partial charge in [-0.3, -0.25) is 4.90 Å². The summed E-state index contributed by atoms with van der Waals surface area (Å²) in [5.41, 5.74) is 1.24. The summed E-state index contributed by atoms with van der Waals surface area (Å²) in [6.45, 7) is 4.98. The summed E-state index contributed by atoms with van der Waals surface area (Å²) in [5.74, 6) is 2.16. The topological polar surface area (TPSA) is 40.2 Å². The fourth-order valence-electron chi connectivity index (χ4n) is 2.96. The zero-order chi connectivity index (χ0) is 17.9. The molecule has 1 aromatic carbocycles. The largest absolute Gasteiger partial charge is 0.493 e. The zero-order valence-corrected chi connectivity index (χ0v) is 16.1. The highest BCUT2D eigenvalue weighted by atomic mass is 35.5. The molecule has 0 spiro atoms. The molecule has 0 N–H and O–H groups in total. The Bertz CT molecular complexity index is 492. The van der Waals surface area contributed by atoms with Gasteiger partial charge in [0.25, 0.3) is 0 Å². The van der Waals surface area contributed by atoms with Gasteiger partial charge in [-0.05, 0) is 37.0 Å². The van der Waals surface area contributed by atoms with Gasteiger partial charge < -0.3 is 18.9 Å². The lowest BCUT2D eigenvalue weighted by Gasteiger charge is -2.32. The van der Waals surface area contributed by atoms with E-state index >= 15 is 0 Å². The summed E-state index contributed by atoms with van der Waals surface area (Å²) in [5, 5.41) is 0. The molecule has 1 fully saturated rings. The van der Waals surface area contributed by atoms with Crippen LogP contribution in [-0.2, 0) is 16.0 Å². The van der Waals surface area contributed by atoms with E-state index in [2.05, 4.69) is 17.0 Å². The van der Waals surface area contributed by atoms with Gasteiger partial charge in [0.1, 0.15) is 0 Å². The lowest BCUT2D eigenvalue weighted by molar-refractivity contribution is -0.0158. The number of hydrogen-bond acceptors (Lipinski definition) is 5. The predicted octanol–water partition coefficient (Wildman–Crippen LogP) is 3.33. The van der Waals surface area contributed by atoms with Crippen molar-refractivity contribution in [3.63, 3.8) is 0 Å². The van der Waals surface area contributed by atoms with Gasteiger partial charge in [-0.1, -0.05) is 6.07 Å². The first kappa shape index (κ1) is 20.3. The molecule has 1 aliphatic rings. The first-order valence-corrected chi connectivity index (χ1v) is 9.49. The second kappa shape index (κ2) is 11.6. The highest BCUT2D eigenvalue weighted by Crippen LogP contribution is 2.29. The number of nitrogens with zero attached hydrogens (tertiary/aromatic N) is 1. The van der Waals surface area contributed by atoms with Crippen LogP contribution in [0, 0.1) is 0 Å². The molecule has 0 amide bonds. The summed E-state index contributed by atoms with van der Waals surface area (Å²) in [7, 11) is 3.38. The van der Waals surface area contributed by atoms with Crippen LogP contribution in [0.15, 0.2) is 18.2 Å². The smallest absolute Gasteiger partial charge is 0.161 e. The number of halogens is 1. The number of rotatable bonds is 11. The van der Waals surface area contributed by atoms with Crippen LogP contribution in [-0.4, -0.2) is 64.0 Å².